The molecule has 7 nitrogen and oxygen atoms in total. The molecule has 0 aromatic carbocycles. The van der Waals surface area contributed by atoms with Crippen molar-refractivity contribution >= 4 is 35.6 Å². The largest absolute Gasteiger partial charge is 0.379 e. The minimum atomic E-state index is 0. The molecule has 1 aliphatic rings. The average Bonchev–Trinajstić information content (AvgIpc) is 3.18. The third-order valence-corrected chi connectivity index (χ3v) is 5.90. The van der Waals surface area contributed by atoms with Crippen molar-refractivity contribution in [1.29, 1.82) is 0 Å². The number of guanidine groups is 1. The number of imidazole rings is 1. The highest BCUT2D eigenvalue weighted by molar-refractivity contribution is 14.0. The van der Waals surface area contributed by atoms with Gasteiger partial charge < -0.3 is 19.8 Å². The second kappa shape index (κ2) is 13.1. The van der Waals surface area contributed by atoms with Crippen molar-refractivity contribution in [3.05, 3.63) is 36.3 Å². The number of morpholine rings is 1. The minimum absolute atomic E-state index is 0. The molecule has 0 aliphatic carbocycles. The van der Waals surface area contributed by atoms with Crippen molar-refractivity contribution in [3.8, 4) is 0 Å². The Bertz CT molecular complexity index is 737. The highest BCUT2D eigenvalue weighted by Crippen LogP contribution is 2.19. The number of nitrogens with one attached hydrogen (secondary N) is 2. The van der Waals surface area contributed by atoms with E-state index in [-0.39, 0.29) is 24.0 Å². The molecular weight excluding hydrogens is 491 g/mol. The summed E-state index contributed by atoms with van der Waals surface area (Å²) in [6.45, 7) is 10.0. The van der Waals surface area contributed by atoms with Gasteiger partial charge in [0.05, 0.1) is 18.9 Å². The number of ether oxygens (including phenoxy) is 1. The van der Waals surface area contributed by atoms with Gasteiger partial charge in [0, 0.05) is 58.1 Å². The van der Waals surface area contributed by atoms with Crippen LogP contribution < -0.4 is 10.6 Å². The number of pyridine rings is 1. The van der Waals surface area contributed by atoms with Gasteiger partial charge in [-0.05, 0) is 18.1 Å². The number of hydrogen-bond donors (Lipinski definition) is 2. The Hall–Kier alpha value is -1.39. The lowest BCUT2D eigenvalue weighted by atomic mass is 9.92. The summed E-state index contributed by atoms with van der Waals surface area (Å²) in [6.07, 6.45) is 7.38. The predicted molar refractivity (Wildman–Crippen MR) is 134 cm³/mol. The second-order valence-corrected chi connectivity index (χ2v) is 7.62. The molecule has 0 radical (unpaired) electrons. The van der Waals surface area contributed by atoms with Gasteiger partial charge in [-0.3, -0.25) is 9.89 Å². The standard InChI is InChI=1S/C22H36N6O.HI/c1-4-18(5-2)20(27-12-14-29-15-13-27)16-25-22(23-3)24-10-9-19-17-28-11-7-6-8-21(28)26-19;/h6-8,11,17-18,20H,4-5,9-10,12-16H2,1-3H3,(H2,23,24,25);1H. The molecule has 1 saturated heterocycles. The van der Waals surface area contributed by atoms with Crippen LogP contribution in [0.1, 0.15) is 32.4 Å². The highest BCUT2D eigenvalue weighted by Gasteiger charge is 2.26. The van der Waals surface area contributed by atoms with E-state index in [1.807, 2.05) is 31.4 Å². The Labute approximate surface area is 197 Å². The first-order valence-electron chi connectivity index (χ1n) is 10.9. The predicted octanol–water partition coefficient (Wildman–Crippen LogP) is 2.80. The molecule has 30 heavy (non-hydrogen) atoms. The number of aromatic nitrogens is 2. The summed E-state index contributed by atoms with van der Waals surface area (Å²) >= 11 is 0. The molecule has 8 heteroatoms. The Morgan fingerprint density at radius 1 is 1.20 bits per heavy atom. The van der Waals surface area contributed by atoms with Crippen LogP contribution in [0.5, 0.6) is 0 Å². The zero-order valence-corrected chi connectivity index (χ0v) is 20.8. The van der Waals surface area contributed by atoms with Gasteiger partial charge in [0.1, 0.15) is 5.65 Å². The SMILES string of the molecule is CCC(CC)C(CNC(=NC)NCCc1cn2ccccc2n1)N1CCOCC1.I. The molecule has 0 amide bonds. The third-order valence-electron chi connectivity index (χ3n) is 5.90. The second-order valence-electron chi connectivity index (χ2n) is 7.62. The van der Waals surface area contributed by atoms with Gasteiger partial charge in [-0.25, -0.2) is 4.98 Å². The summed E-state index contributed by atoms with van der Waals surface area (Å²) in [5, 5.41) is 7.00. The summed E-state index contributed by atoms with van der Waals surface area (Å²) in [5.74, 6) is 1.54. The van der Waals surface area contributed by atoms with Gasteiger partial charge in [-0.1, -0.05) is 32.8 Å². The van der Waals surface area contributed by atoms with E-state index < -0.39 is 0 Å². The molecule has 0 bridgehead atoms. The van der Waals surface area contributed by atoms with Crippen molar-refractivity contribution in [2.75, 3.05) is 46.4 Å². The van der Waals surface area contributed by atoms with E-state index in [1.54, 1.807) is 0 Å². The summed E-state index contributed by atoms with van der Waals surface area (Å²) in [4.78, 5) is 11.7. The zero-order valence-electron chi connectivity index (χ0n) is 18.5. The summed E-state index contributed by atoms with van der Waals surface area (Å²) < 4.78 is 7.62. The maximum Gasteiger partial charge on any atom is 0.191 e. The maximum absolute atomic E-state index is 5.55. The van der Waals surface area contributed by atoms with Crippen molar-refractivity contribution in [3.63, 3.8) is 0 Å². The van der Waals surface area contributed by atoms with Crippen molar-refractivity contribution in [1.82, 2.24) is 24.9 Å². The number of fused-ring (bicyclic) bond motifs is 1. The van der Waals surface area contributed by atoms with Crippen LogP contribution in [0.2, 0.25) is 0 Å². The van der Waals surface area contributed by atoms with Crippen LogP contribution >= 0.6 is 24.0 Å². The molecule has 2 N–H and O–H groups in total. The maximum atomic E-state index is 5.55. The first-order chi connectivity index (χ1) is 14.2. The van der Waals surface area contributed by atoms with E-state index in [4.69, 9.17) is 4.74 Å². The van der Waals surface area contributed by atoms with E-state index in [1.165, 1.54) is 12.8 Å². The number of halogens is 1. The number of nitrogens with zero attached hydrogens (tertiary/aromatic N) is 4. The molecule has 2 aromatic heterocycles. The lowest BCUT2D eigenvalue weighted by molar-refractivity contribution is 0.00272. The fraction of sp³-hybridized carbons (Fsp3) is 0.636. The monoisotopic (exact) mass is 528 g/mol. The van der Waals surface area contributed by atoms with Crippen LogP contribution in [0.15, 0.2) is 35.6 Å². The number of rotatable bonds is 9. The molecular formula is C22H37IN6O. The van der Waals surface area contributed by atoms with Gasteiger partial charge in [0.2, 0.25) is 0 Å². The van der Waals surface area contributed by atoms with Crippen LogP contribution in [0.3, 0.4) is 0 Å². The lowest BCUT2D eigenvalue weighted by Gasteiger charge is -2.39. The van der Waals surface area contributed by atoms with E-state index in [0.29, 0.717) is 12.0 Å². The van der Waals surface area contributed by atoms with Gasteiger partial charge in [0.15, 0.2) is 5.96 Å². The lowest BCUT2D eigenvalue weighted by Crippen LogP contribution is -2.53. The number of hydrogen-bond acceptors (Lipinski definition) is 4. The molecule has 1 atom stereocenters. The quantitative estimate of drug-likeness (QED) is 0.298. The first-order valence-corrected chi connectivity index (χ1v) is 10.9. The van der Waals surface area contributed by atoms with Gasteiger partial charge in [-0.2, -0.15) is 0 Å². The fourth-order valence-corrected chi connectivity index (χ4v) is 4.17. The van der Waals surface area contributed by atoms with Crippen molar-refractivity contribution in [2.24, 2.45) is 10.9 Å². The Balaban J connectivity index is 0.00000320. The molecule has 3 heterocycles. The van der Waals surface area contributed by atoms with Gasteiger partial charge >= 0.3 is 0 Å². The third kappa shape index (κ3) is 6.81. The molecule has 1 unspecified atom stereocenters. The van der Waals surface area contributed by atoms with E-state index >= 15 is 0 Å². The molecule has 168 valence electrons. The average molecular weight is 528 g/mol. The van der Waals surface area contributed by atoms with E-state index in [9.17, 15) is 0 Å². The smallest absolute Gasteiger partial charge is 0.191 e. The van der Waals surface area contributed by atoms with Crippen molar-refractivity contribution in [2.45, 2.75) is 39.2 Å². The highest BCUT2D eigenvalue weighted by atomic mass is 127. The molecule has 1 aliphatic heterocycles. The van der Waals surface area contributed by atoms with Crippen LogP contribution in [0.4, 0.5) is 0 Å². The molecule has 2 aromatic rings. The normalized spacial score (nSPS) is 16.5. The van der Waals surface area contributed by atoms with Crippen molar-refractivity contribution < 1.29 is 4.74 Å². The topological polar surface area (TPSA) is 66.2 Å². The van der Waals surface area contributed by atoms with Crippen LogP contribution in [0, 0.1) is 5.92 Å². The fourth-order valence-electron chi connectivity index (χ4n) is 4.17. The number of aliphatic imine (C=N–C) groups is 1. The van der Waals surface area contributed by atoms with E-state index in [2.05, 4.69) is 50.0 Å². The molecule has 1 fully saturated rings. The minimum Gasteiger partial charge on any atom is -0.379 e. The summed E-state index contributed by atoms with van der Waals surface area (Å²) in [5.41, 5.74) is 2.07. The Kier molecular flexibility index (Phi) is 10.9. The van der Waals surface area contributed by atoms with Crippen LogP contribution in [-0.4, -0.2) is 72.7 Å². The summed E-state index contributed by atoms with van der Waals surface area (Å²) in [6, 6.07) is 6.57. The summed E-state index contributed by atoms with van der Waals surface area (Å²) in [7, 11) is 1.83. The molecule has 0 spiro atoms. The van der Waals surface area contributed by atoms with Gasteiger partial charge in [0.25, 0.3) is 0 Å². The molecule has 3 rings (SSSR count). The zero-order chi connectivity index (χ0) is 20.5. The Morgan fingerprint density at radius 2 is 1.97 bits per heavy atom. The van der Waals surface area contributed by atoms with Gasteiger partial charge in [-0.15, -0.1) is 24.0 Å². The Morgan fingerprint density at radius 3 is 2.63 bits per heavy atom. The van der Waals surface area contributed by atoms with E-state index in [0.717, 1.165) is 63.1 Å². The van der Waals surface area contributed by atoms with Crippen LogP contribution in [-0.2, 0) is 11.2 Å². The first kappa shape index (κ1) is 24.9. The van der Waals surface area contributed by atoms with Crippen LogP contribution in [0.25, 0.3) is 5.65 Å². The molecule has 0 saturated carbocycles.